The number of hydrogen-bond acceptors (Lipinski definition) is 3. The maximum Gasteiger partial charge on any atom is 0.252 e. The molecule has 144 valence electrons. The first-order valence-corrected chi connectivity index (χ1v) is 9.51. The quantitative estimate of drug-likeness (QED) is 0.571. The number of hydroxylamine groups is 2. The van der Waals surface area contributed by atoms with Crippen molar-refractivity contribution in [2.75, 3.05) is 13.2 Å². The van der Waals surface area contributed by atoms with Gasteiger partial charge in [0, 0.05) is 36.5 Å². The van der Waals surface area contributed by atoms with Crippen LogP contribution in [0.4, 0.5) is 8.78 Å². The highest BCUT2D eigenvalue weighted by molar-refractivity contribution is 7.71. The Morgan fingerprint density at radius 3 is 2.89 bits per heavy atom. The van der Waals surface area contributed by atoms with Crippen LogP contribution in [0.1, 0.15) is 29.3 Å². The molecule has 1 saturated heterocycles. The minimum Gasteiger partial charge on any atom is -0.323 e. The van der Waals surface area contributed by atoms with Gasteiger partial charge < -0.3 is 9.13 Å². The summed E-state index contributed by atoms with van der Waals surface area (Å²) >= 11 is 11.3. The topological polar surface area (TPSA) is 39.4 Å². The number of benzene rings is 1. The summed E-state index contributed by atoms with van der Waals surface area (Å²) in [5, 5.41) is 1.27. The van der Waals surface area contributed by atoms with Crippen LogP contribution in [-0.2, 0) is 36.1 Å². The number of aromatic nitrogens is 2. The number of hydrogen-bond donors (Lipinski definition) is 0. The van der Waals surface area contributed by atoms with Crippen molar-refractivity contribution in [3.63, 3.8) is 0 Å². The molecule has 0 radical (unpaired) electrons. The van der Waals surface area contributed by atoms with Gasteiger partial charge in [0.25, 0.3) is 5.91 Å². The van der Waals surface area contributed by atoms with Crippen LogP contribution in [0.25, 0.3) is 0 Å². The summed E-state index contributed by atoms with van der Waals surface area (Å²) in [4.78, 5) is 17.8. The zero-order chi connectivity index (χ0) is 19.3. The summed E-state index contributed by atoms with van der Waals surface area (Å²) < 4.78 is 32.9. The van der Waals surface area contributed by atoms with Gasteiger partial charge in [-0.1, -0.05) is 11.6 Å². The Kier molecular flexibility index (Phi) is 4.82. The van der Waals surface area contributed by atoms with Crippen LogP contribution < -0.4 is 0 Å². The molecule has 0 spiro atoms. The molecule has 0 bridgehead atoms. The van der Waals surface area contributed by atoms with E-state index >= 15 is 0 Å². The average Bonchev–Trinajstić information content (AvgIpc) is 3.35. The Morgan fingerprint density at radius 1 is 1.41 bits per heavy atom. The van der Waals surface area contributed by atoms with Gasteiger partial charge in [-0.2, -0.15) is 0 Å². The molecule has 1 aromatic carbocycles. The van der Waals surface area contributed by atoms with Gasteiger partial charge in [-0.3, -0.25) is 9.63 Å². The molecule has 9 heteroatoms. The van der Waals surface area contributed by atoms with Gasteiger partial charge in [0.2, 0.25) is 0 Å². The molecule has 1 fully saturated rings. The van der Waals surface area contributed by atoms with Crippen LogP contribution in [0.15, 0.2) is 12.1 Å². The largest absolute Gasteiger partial charge is 0.323 e. The minimum atomic E-state index is -0.731. The Hall–Kier alpha value is -1.77. The summed E-state index contributed by atoms with van der Waals surface area (Å²) in [6.07, 6.45) is 1.34. The number of nitrogens with zero attached hydrogens (tertiary/aromatic N) is 3. The van der Waals surface area contributed by atoms with Crippen LogP contribution in [-0.4, -0.2) is 33.3 Å². The van der Waals surface area contributed by atoms with Crippen LogP contribution in [0.2, 0.25) is 5.02 Å². The number of carbonyl (C=O) groups is 1. The van der Waals surface area contributed by atoms with Crippen molar-refractivity contribution in [1.82, 2.24) is 14.2 Å². The van der Waals surface area contributed by atoms with Gasteiger partial charge in [-0.25, -0.2) is 13.8 Å². The first-order chi connectivity index (χ1) is 12.9. The van der Waals surface area contributed by atoms with Gasteiger partial charge >= 0.3 is 0 Å². The van der Waals surface area contributed by atoms with E-state index < -0.39 is 17.6 Å². The number of imidazole rings is 1. The van der Waals surface area contributed by atoms with Crippen LogP contribution in [0, 0.1) is 16.4 Å². The third kappa shape index (κ3) is 3.09. The van der Waals surface area contributed by atoms with E-state index in [4.69, 9.17) is 28.7 Å². The van der Waals surface area contributed by atoms with E-state index in [-0.39, 0.29) is 22.9 Å². The number of amides is 1. The monoisotopic (exact) mass is 413 g/mol. The Bertz CT molecular complexity index is 982. The highest BCUT2D eigenvalue weighted by Crippen LogP contribution is 2.37. The van der Waals surface area contributed by atoms with E-state index in [1.165, 1.54) is 17.2 Å². The molecule has 0 aliphatic carbocycles. The molecule has 5 nitrogen and oxygen atoms in total. The molecule has 2 aliphatic rings. The summed E-state index contributed by atoms with van der Waals surface area (Å²) in [7, 11) is 1.80. The molecule has 1 unspecified atom stereocenters. The van der Waals surface area contributed by atoms with E-state index in [2.05, 4.69) is 0 Å². The van der Waals surface area contributed by atoms with Crippen molar-refractivity contribution in [2.24, 2.45) is 7.05 Å². The lowest BCUT2D eigenvalue weighted by molar-refractivity contribution is -0.168. The third-order valence-corrected chi connectivity index (χ3v) is 6.05. The third-order valence-electron chi connectivity index (χ3n) is 5.26. The normalized spacial score (nSPS) is 19.0. The highest BCUT2D eigenvalue weighted by Gasteiger charge is 2.33. The summed E-state index contributed by atoms with van der Waals surface area (Å²) in [5.41, 5.74) is 1.56. The maximum absolute atomic E-state index is 14.4. The van der Waals surface area contributed by atoms with Crippen LogP contribution in [0.5, 0.6) is 0 Å². The Labute approximate surface area is 165 Å². The fourth-order valence-electron chi connectivity index (χ4n) is 3.90. The lowest BCUT2D eigenvalue weighted by Gasteiger charge is -2.15. The van der Waals surface area contributed by atoms with Gasteiger partial charge in [0.15, 0.2) is 4.77 Å². The molecule has 2 aliphatic heterocycles. The molecular weight excluding hydrogens is 396 g/mol. The molecule has 1 atom stereocenters. The average molecular weight is 414 g/mol. The molecule has 2 aromatic rings. The zero-order valence-electron chi connectivity index (χ0n) is 14.7. The van der Waals surface area contributed by atoms with Gasteiger partial charge in [-0.15, -0.1) is 0 Å². The highest BCUT2D eigenvalue weighted by atomic mass is 35.5. The van der Waals surface area contributed by atoms with E-state index in [1.807, 2.05) is 4.57 Å². The van der Waals surface area contributed by atoms with Crippen molar-refractivity contribution in [3.8, 4) is 0 Å². The van der Waals surface area contributed by atoms with Gasteiger partial charge in [0.1, 0.15) is 11.6 Å². The molecule has 27 heavy (non-hydrogen) atoms. The lowest BCUT2D eigenvalue weighted by Crippen LogP contribution is -2.29. The first-order valence-electron chi connectivity index (χ1n) is 8.72. The van der Waals surface area contributed by atoms with E-state index in [1.54, 1.807) is 11.6 Å². The second kappa shape index (κ2) is 7.00. The minimum absolute atomic E-state index is 0.0246. The summed E-state index contributed by atoms with van der Waals surface area (Å²) in [6.45, 7) is 1.46. The van der Waals surface area contributed by atoms with Crippen LogP contribution >= 0.6 is 23.8 Å². The molecule has 0 saturated carbocycles. The zero-order valence-corrected chi connectivity index (χ0v) is 16.2. The standard InChI is InChI=1S/C18H18ClF2N3O2S/c1-22-13(8-15(25)24-5-2-6-26-24)14-7-10(9-23(14)18(22)27)16-12(20)4-3-11(19)17(16)21/h3-4,10H,2,5-9H2,1H3. The summed E-state index contributed by atoms with van der Waals surface area (Å²) in [5.74, 6) is -1.91. The maximum atomic E-state index is 14.4. The van der Waals surface area contributed by atoms with E-state index in [0.29, 0.717) is 30.9 Å². The van der Waals surface area contributed by atoms with Gasteiger partial charge in [-0.05, 0) is 37.2 Å². The lowest BCUT2D eigenvalue weighted by atomic mass is 9.95. The summed E-state index contributed by atoms with van der Waals surface area (Å²) in [6, 6.07) is 2.39. The molecule has 4 rings (SSSR count). The van der Waals surface area contributed by atoms with E-state index in [9.17, 15) is 13.6 Å². The fourth-order valence-corrected chi connectivity index (χ4v) is 4.36. The van der Waals surface area contributed by atoms with Crippen molar-refractivity contribution < 1.29 is 18.4 Å². The first kappa shape index (κ1) is 18.6. The van der Waals surface area contributed by atoms with E-state index in [0.717, 1.165) is 17.8 Å². The van der Waals surface area contributed by atoms with Crippen LogP contribution in [0.3, 0.4) is 0 Å². The van der Waals surface area contributed by atoms with Crippen molar-refractivity contribution in [1.29, 1.82) is 0 Å². The second-order valence-corrected chi connectivity index (χ2v) is 7.64. The van der Waals surface area contributed by atoms with Crippen molar-refractivity contribution >= 4 is 29.7 Å². The number of carbonyl (C=O) groups excluding carboxylic acids is 1. The van der Waals surface area contributed by atoms with Crippen molar-refractivity contribution in [2.45, 2.75) is 31.7 Å². The molecular formula is C18H18ClF2N3O2S. The fraction of sp³-hybridized carbons (Fsp3) is 0.444. The number of rotatable bonds is 3. The smallest absolute Gasteiger partial charge is 0.252 e. The number of fused-ring (bicyclic) bond motifs is 1. The molecule has 1 amide bonds. The van der Waals surface area contributed by atoms with Crippen molar-refractivity contribution in [3.05, 3.63) is 50.5 Å². The number of halogens is 3. The second-order valence-electron chi connectivity index (χ2n) is 6.86. The molecule has 1 aromatic heterocycles. The Balaban J connectivity index is 1.66. The van der Waals surface area contributed by atoms with Gasteiger partial charge in [0.05, 0.1) is 24.6 Å². The predicted molar refractivity (Wildman–Crippen MR) is 98.0 cm³/mol. The predicted octanol–water partition coefficient (Wildman–Crippen LogP) is 3.53. The SMILES string of the molecule is Cn1c(CC(=O)N2CCCO2)c2n(c1=S)CC(c1c(F)ccc(Cl)c1F)C2. The molecule has 3 heterocycles. The molecule has 0 N–H and O–H groups in total. The Morgan fingerprint density at radius 2 is 2.19 bits per heavy atom.